The van der Waals surface area contributed by atoms with E-state index in [0.29, 0.717) is 17.0 Å². The normalized spacial score (nSPS) is 15.0. The highest BCUT2D eigenvalue weighted by molar-refractivity contribution is 7.80. The number of rotatable bonds is 5. The Morgan fingerprint density at radius 1 is 1.09 bits per heavy atom. The van der Waals surface area contributed by atoms with Crippen LogP contribution in [-0.4, -0.2) is 29.0 Å². The Morgan fingerprint density at radius 3 is 2.44 bits per heavy atom. The summed E-state index contributed by atoms with van der Waals surface area (Å²) >= 11 is 5.25. The molecule has 0 spiro atoms. The maximum absolute atomic E-state index is 13.2. The summed E-state index contributed by atoms with van der Waals surface area (Å²) in [5.74, 6) is -0.392. The third-order valence-electron chi connectivity index (χ3n) is 5.14. The van der Waals surface area contributed by atoms with Crippen molar-refractivity contribution in [3.05, 3.63) is 81.1 Å². The molecule has 172 valence electrons. The lowest BCUT2D eigenvalue weighted by Crippen LogP contribution is -2.54. The summed E-state index contributed by atoms with van der Waals surface area (Å²) in [6.45, 7) is 3.80. The van der Waals surface area contributed by atoms with Crippen molar-refractivity contribution in [1.82, 2.24) is 5.32 Å². The van der Waals surface area contributed by atoms with E-state index in [1.165, 1.54) is 36.3 Å². The van der Waals surface area contributed by atoms with Crippen molar-refractivity contribution in [1.29, 1.82) is 0 Å². The molecule has 9 nitrogen and oxygen atoms in total. The summed E-state index contributed by atoms with van der Waals surface area (Å²) in [6.07, 6.45) is 1.31. The number of thiocarbonyl (C=S) groups is 1. The Bertz CT molecular complexity index is 1370. The first-order chi connectivity index (χ1) is 16.2. The van der Waals surface area contributed by atoms with Crippen LogP contribution in [-0.2, 0) is 9.59 Å². The van der Waals surface area contributed by atoms with Crippen molar-refractivity contribution in [3.8, 4) is 17.1 Å². The number of nitrogens with one attached hydrogen (secondary N) is 1. The number of hydrogen-bond acceptors (Lipinski definition) is 7. The lowest BCUT2D eigenvalue weighted by molar-refractivity contribution is -0.384. The fraction of sp³-hybridized carbons (Fsp3) is 0.125. The van der Waals surface area contributed by atoms with Gasteiger partial charge in [0.2, 0.25) is 0 Å². The van der Waals surface area contributed by atoms with E-state index in [1.54, 1.807) is 24.3 Å². The average molecular weight is 477 g/mol. The van der Waals surface area contributed by atoms with Gasteiger partial charge in [0.05, 0.1) is 23.3 Å². The van der Waals surface area contributed by atoms with Gasteiger partial charge in [0.15, 0.2) is 5.11 Å². The number of carbonyl (C=O) groups is 2. The molecule has 2 heterocycles. The van der Waals surface area contributed by atoms with Crippen LogP contribution in [0.15, 0.2) is 58.5 Å². The number of nitro benzene ring substituents is 1. The molecule has 2 amide bonds. The predicted octanol–water partition coefficient (Wildman–Crippen LogP) is 4.31. The van der Waals surface area contributed by atoms with Gasteiger partial charge >= 0.3 is 0 Å². The molecule has 1 aromatic heterocycles. The van der Waals surface area contributed by atoms with E-state index in [0.717, 1.165) is 11.1 Å². The van der Waals surface area contributed by atoms with Gasteiger partial charge in [-0.1, -0.05) is 6.07 Å². The summed E-state index contributed by atoms with van der Waals surface area (Å²) in [5.41, 5.74) is 2.48. The molecular formula is C24H19N3O6S. The number of anilines is 1. The van der Waals surface area contributed by atoms with Crippen LogP contribution in [0.2, 0.25) is 0 Å². The Kier molecular flexibility index (Phi) is 5.99. The van der Waals surface area contributed by atoms with Gasteiger partial charge < -0.3 is 9.15 Å². The van der Waals surface area contributed by atoms with Gasteiger partial charge in [-0.25, -0.2) is 0 Å². The Hall–Kier alpha value is -4.31. The highest BCUT2D eigenvalue weighted by atomic mass is 32.1. The Morgan fingerprint density at radius 2 is 1.79 bits per heavy atom. The second kappa shape index (κ2) is 8.91. The summed E-state index contributed by atoms with van der Waals surface area (Å²) in [6, 6.07) is 12.8. The summed E-state index contributed by atoms with van der Waals surface area (Å²) in [4.78, 5) is 37.7. The topological polar surface area (TPSA) is 115 Å². The lowest BCUT2D eigenvalue weighted by Gasteiger charge is -2.29. The van der Waals surface area contributed by atoms with E-state index >= 15 is 0 Å². The summed E-state index contributed by atoms with van der Waals surface area (Å²) in [7, 11) is 1.44. The fourth-order valence-electron chi connectivity index (χ4n) is 3.69. The van der Waals surface area contributed by atoms with Gasteiger partial charge in [-0.3, -0.25) is 29.9 Å². The maximum Gasteiger partial charge on any atom is 0.270 e. The van der Waals surface area contributed by atoms with Crippen LogP contribution < -0.4 is 15.0 Å². The SMILES string of the molecule is COc1ccc([N+](=O)[O-])cc1-c1ccc(/C=C2\C(=O)NC(=S)N(c3cc(C)cc(C)c3)C2=O)o1. The molecule has 4 rings (SSSR count). The molecule has 1 aliphatic rings. The zero-order chi connectivity index (χ0) is 24.6. The van der Waals surface area contributed by atoms with Gasteiger partial charge in [-0.2, -0.15) is 0 Å². The summed E-state index contributed by atoms with van der Waals surface area (Å²) in [5, 5.41) is 13.7. The molecule has 0 saturated carbocycles. The van der Waals surface area contributed by atoms with E-state index in [9.17, 15) is 19.7 Å². The van der Waals surface area contributed by atoms with Gasteiger partial charge in [0.25, 0.3) is 17.5 Å². The molecule has 0 atom stereocenters. The molecule has 0 bridgehead atoms. The van der Waals surface area contributed by atoms with Crippen LogP contribution in [0.1, 0.15) is 16.9 Å². The molecule has 3 aromatic rings. The number of nitrogens with zero attached hydrogens (tertiary/aromatic N) is 2. The van der Waals surface area contributed by atoms with Crippen LogP contribution in [0, 0.1) is 24.0 Å². The third kappa shape index (κ3) is 4.30. The standard InChI is InChI=1S/C24H19N3O6S/c1-13-8-14(2)10-16(9-13)26-23(29)19(22(28)25-24(26)34)12-17-5-7-21(33-17)18-11-15(27(30)31)4-6-20(18)32-3/h4-12H,1-3H3,(H,25,28,34)/b19-12+. The number of non-ortho nitro benzene ring substituents is 1. The monoisotopic (exact) mass is 477 g/mol. The highest BCUT2D eigenvalue weighted by Gasteiger charge is 2.35. The lowest BCUT2D eigenvalue weighted by atomic mass is 10.1. The second-order valence-electron chi connectivity index (χ2n) is 7.65. The van der Waals surface area contributed by atoms with Crippen molar-refractivity contribution in [2.24, 2.45) is 0 Å². The van der Waals surface area contributed by atoms with Crippen LogP contribution >= 0.6 is 12.2 Å². The zero-order valence-corrected chi connectivity index (χ0v) is 19.3. The second-order valence-corrected chi connectivity index (χ2v) is 8.03. The molecule has 0 radical (unpaired) electrons. The van der Waals surface area contributed by atoms with Crippen LogP contribution in [0.25, 0.3) is 17.4 Å². The van der Waals surface area contributed by atoms with Crippen LogP contribution in [0.4, 0.5) is 11.4 Å². The van der Waals surface area contributed by atoms with E-state index < -0.39 is 16.7 Å². The van der Waals surface area contributed by atoms with Crippen molar-refractivity contribution in [3.63, 3.8) is 0 Å². The minimum atomic E-state index is -0.651. The number of aryl methyl sites for hydroxylation is 2. The van der Waals surface area contributed by atoms with Crippen molar-refractivity contribution in [2.75, 3.05) is 12.0 Å². The number of hydrogen-bond donors (Lipinski definition) is 1. The quantitative estimate of drug-likeness (QED) is 0.191. The van der Waals surface area contributed by atoms with Crippen LogP contribution in [0.5, 0.6) is 5.75 Å². The first kappa shape index (κ1) is 22.9. The number of methoxy groups -OCH3 is 1. The molecular weight excluding hydrogens is 458 g/mol. The third-order valence-corrected chi connectivity index (χ3v) is 5.42. The molecule has 1 N–H and O–H groups in total. The highest BCUT2D eigenvalue weighted by Crippen LogP contribution is 2.35. The first-order valence-electron chi connectivity index (χ1n) is 10.1. The van der Waals surface area contributed by atoms with E-state index in [-0.39, 0.29) is 27.9 Å². The van der Waals surface area contributed by atoms with Crippen molar-refractivity contribution < 1.29 is 23.7 Å². The molecule has 1 aliphatic heterocycles. The van der Waals surface area contributed by atoms with E-state index in [4.69, 9.17) is 21.4 Å². The largest absolute Gasteiger partial charge is 0.496 e. The molecule has 10 heteroatoms. The fourth-order valence-corrected chi connectivity index (χ4v) is 3.97. The molecule has 1 saturated heterocycles. The van der Waals surface area contributed by atoms with Gasteiger partial charge in [-0.15, -0.1) is 0 Å². The Balaban J connectivity index is 1.72. The average Bonchev–Trinajstić information content (AvgIpc) is 3.24. The minimum absolute atomic E-state index is 0.0152. The number of carbonyl (C=O) groups excluding carboxylic acids is 2. The molecule has 1 fully saturated rings. The molecule has 34 heavy (non-hydrogen) atoms. The molecule has 0 unspecified atom stereocenters. The van der Waals surface area contributed by atoms with Crippen LogP contribution in [0.3, 0.4) is 0 Å². The first-order valence-corrected chi connectivity index (χ1v) is 10.5. The van der Waals surface area contributed by atoms with Gasteiger partial charge in [-0.05, 0) is 73.6 Å². The number of nitro groups is 1. The zero-order valence-electron chi connectivity index (χ0n) is 18.4. The van der Waals surface area contributed by atoms with Gasteiger partial charge in [0.1, 0.15) is 22.8 Å². The van der Waals surface area contributed by atoms with Crippen molar-refractivity contribution >= 4 is 46.6 Å². The maximum atomic E-state index is 13.2. The number of benzene rings is 2. The number of ether oxygens (including phenoxy) is 1. The Labute approximate surface area is 199 Å². The van der Waals surface area contributed by atoms with E-state index in [1.807, 2.05) is 19.9 Å². The molecule has 2 aromatic carbocycles. The van der Waals surface area contributed by atoms with Crippen molar-refractivity contribution in [2.45, 2.75) is 13.8 Å². The molecule has 0 aliphatic carbocycles. The minimum Gasteiger partial charge on any atom is -0.496 e. The summed E-state index contributed by atoms with van der Waals surface area (Å²) < 4.78 is 11.1. The number of amides is 2. The van der Waals surface area contributed by atoms with Gasteiger partial charge in [0, 0.05) is 12.1 Å². The predicted molar refractivity (Wildman–Crippen MR) is 129 cm³/mol. The number of furan rings is 1. The van der Waals surface area contributed by atoms with E-state index in [2.05, 4.69) is 5.32 Å². The smallest absolute Gasteiger partial charge is 0.270 e.